The Hall–Kier alpha value is -3.94. The Morgan fingerprint density at radius 2 is 1.48 bits per heavy atom. The van der Waals surface area contributed by atoms with Crippen LogP contribution in [0.2, 0.25) is 0 Å². The van der Waals surface area contributed by atoms with Gasteiger partial charge in [0.1, 0.15) is 5.69 Å². The zero-order valence-corrected chi connectivity index (χ0v) is 14.5. The monoisotopic (exact) mass is 363 g/mol. The first-order chi connectivity index (χ1) is 13.1. The summed E-state index contributed by atoms with van der Waals surface area (Å²) in [4.78, 5) is 35.8. The molecule has 8 heteroatoms. The first-order valence-electron chi connectivity index (χ1n) is 8.13. The van der Waals surface area contributed by atoms with Crippen LogP contribution in [0.25, 0.3) is 5.69 Å². The Bertz CT molecular complexity index is 1010. The number of hydrogen-bond acceptors (Lipinski definition) is 4. The van der Waals surface area contributed by atoms with Crippen LogP contribution in [-0.2, 0) is 0 Å². The molecule has 0 radical (unpaired) electrons. The number of rotatable bonds is 4. The molecule has 0 bridgehead atoms. The molecule has 0 aliphatic carbocycles. The molecule has 0 fully saturated rings. The second-order valence-corrected chi connectivity index (χ2v) is 5.54. The third-order valence-corrected chi connectivity index (χ3v) is 3.66. The van der Waals surface area contributed by atoms with Crippen molar-refractivity contribution in [1.29, 1.82) is 0 Å². The molecular formula is C19H17N5O3. The molecule has 0 atom stereocenters. The van der Waals surface area contributed by atoms with Crippen molar-refractivity contribution in [2.75, 3.05) is 17.7 Å². The maximum Gasteiger partial charge on any atom is 0.318 e. The van der Waals surface area contributed by atoms with Gasteiger partial charge >= 0.3 is 6.03 Å². The molecule has 0 unspecified atom stereocenters. The van der Waals surface area contributed by atoms with Crippen LogP contribution in [-0.4, -0.2) is 28.8 Å². The van der Waals surface area contributed by atoms with Crippen molar-refractivity contribution < 1.29 is 9.59 Å². The van der Waals surface area contributed by atoms with Crippen LogP contribution in [0, 0.1) is 0 Å². The number of nitrogens with one attached hydrogen (secondary N) is 3. The number of carbonyl (C=O) groups is 2. The number of benzene rings is 2. The lowest BCUT2D eigenvalue weighted by Crippen LogP contribution is -2.25. The van der Waals surface area contributed by atoms with Gasteiger partial charge in [-0.15, -0.1) is 0 Å². The lowest BCUT2D eigenvalue weighted by Gasteiger charge is -2.09. The van der Waals surface area contributed by atoms with E-state index in [2.05, 4.69) is 21.0 Å². The zero-order valence-electron chi connectivity index (χ0n) is 14.5. The lowest BCUT2D eigenvalue weighted by atomic mass is 10.2. The summed E-state index contributed by atoms with van der Waals surface area (Å²) in [5.74, 6) is -0.452. The Morgan fingerprint density at radius 1 is 0.852 bits per heavy atom. The summed E-state index contributed by atoms with van der Waals surface area (Å²) < 4.78 is 1.17. The minimum absolute atomic E-state index is 0.103. The topological polar surface area (TPSA) is 105 Å². The van der Waals surface area contributed by atoms with Crippen LogP contribution < -0.4 is 21.5 Å². The highest BCUT2D eigenvalue weighted by molar-refractivity contribution is 6.02. The minimum atomic E-state index is -0.452. The second-order valence-electron chi connectivity index (χ2n) is 5.54. The van der Waals surface area contributed by atoms with Gasteiger partial charge < -0.3 is 16.0 Å². The van der Waals surface area contributed by atoms with E-state index >= 15 is 0 Å². The number of aromatic nitrogens is 2. The smallest absolute Gasteiger partial charge is 0.318 e. The third-order valence-electron chi connectivity index (χ3n) is 3.66. The second kappa shape index (κ2) is 7.96. The van der Waals surface area contributed by atoms with Gasteiger partial charge in [-0.1, -0.05) is 18.2 Å². The van der Waals surface area contributed by atoms with Crippen molar-refractivity contribution in [1.82, 2.24) is 15.1 Å². The summed E-state index contributed by atoms with van der Waals surface area (Å²) in [7, 11) is 1.52. The standard InChI is InChI=1S/C19H17N5O3/c1-20-19(27)22-14-9-7-13(8-10-14)21-18(26)16-11-12-17(25)24(23-16)15-5-3-2-4-6-15/h2-12H,1H3,(H,21,26)(H2,20,22,27). The first kappa shape index (κ1) is 17.9. The molecule has 0 saturated carbocycles. The van der Waals surface area contributed by atoms with Crippen LogP contribution in [0.1, 0.15) is 10.5 Å². The van der Waals surface area contributed by atoms with E-state index in [0.717, 1.165) is 0 Å². The number of para-hydroxylation sites is 1. The molecule has 3 rings (SSSR count). The lowest BCUT2D eigenvalue weighted by molar-refractivity contribution is 0.102. The highest BCUT2D eigenvalue weighted by Crippen LogP contribution is 2.14. The molecule has 3 aromatic rings. The number of carbonyl (C=O) groups excluding carboxylic acids is 2. The Morgan fingerprint density at radius 3 is 2.11 bits per heavy atom. The van der Waals surface area contributed by atoms with Crippen LogP contribution >= 0.6 is 0 Å². The predicted molar refractivity (Wildman–Crippen MR) is 102 cm³/mol. The molecule has 8 nitrogen and oxygen atoms in total. The number of urea groups is 1. The van der Waals surface area contributed by atoms with Gasteiger partial charge in [0, 0.05) is 24.5 Å². The molecule has 0 spiro atoms. The summed E-state index contributed by atoms with van der Waals surface area (Å²) in [5, 5.41) is 11.9. The fourth-order valence-corrected chi connectivity index (χ4v) is 2.31. The fraction of sp³-hybridized carbons (Fsp3) is 0.0526. The minimum Gasteiger partial charge on any atom is -0.341 e. The molecule has 3 N–H and O–H groups in total. The number of hydrogen-bond donors (Lipinski definition) is 3. The van der Waals surface area contributed by atoms with Crippen molar-refractivity contribution >= 4 is 23.3 Å². The van der Waals surface area contributed by atoms with Crippen LogP contribution in [0.4, 0.5) is 16.2 Å². The normalized spacial score (nSPS) is 10.1. The van der Waals surface area contributed by atoms with Gasteiger partial charge in [0.25, 0.3) is 11.5 Å². The quantitative estimate of drug-likeness (QED) is 0.661. The maximum absolute atomic E-state index is 12.4. The molecular weight excluding hydrogens is 346 g/mol. The van der Waals surface area contributed by atoms with E-state index in [9.17, 15) is 14.4 Å². The predicted octanol–water partition coefficient (Wildman–Crippen LogP) is 2.24. The molecule has 0 saturated heterocycles. The van der Waals surface area contributed by atoms with Gasteiger partial charge in [-0.25, -0.2) is 4.79 Å². The summed E-state index contributed by atoms with van der Waals surface area (Å²) >= 11 is 0. The zero-order chi connectivity index (χ0) is 19.2. The van der Waals surface area contributed by atoms with Crippen LogP contribution in [0.3, 0.4) is 0 Å². The van der Waals surface area contributed by atoms with Crippen LogP contribution in [0.15, 0.2) is 71.5 Å². The maximum atomic E-state index is 12.4. The van der Waals surface area contributed by atoms with Crippen LogP contribution in [0.5, 0.6) is 0 Å². The molecule has 136 valence electrons. The average molecular weight is 363 g/mol. The van der Waals surface area contributed by atoms with E-state index in [0.29, 0.717) is 17.1 Å². The van der Waals surface area contributed by atoms with E-state index in [4.69, 9.17) is 0 Å². The van der Waals surface area contributed by atoms with Gasteiger partial charge in [-0.3, -0.25) is 9.59 Å². The van der Waals surface area contributed by atoms with Gasteiger partial charge in [0.05, 0.1) is 5.69 Å². The third kappa shape index (κ3) is 4.37. The Kier molecular flexibility index (Phi) is 5.27. The first-order valence-corrected chi connectivity index (χ1v) is 8.13. The van der Waals surface area contributed by atoms with E-state index < -0.39 is 5.91 Å². The fourth-order valence-electron chi connectivity index (χ4n) is 2.31. The van der Waals surface area contributed by atoms with Crippen molar-refractivity contribution in [3.8, 4) is 5.69 Å². The molecule has 1 heterocycles. The van der Waals surface area contributed by atoms with E-state index in [1.807, 2.05) is 6.07 Å². The van der Waals surface area contributed by atoms with Crippen molar-refractivity contribution in [2.24, 2.45) is 0 Å². The van der Waals surface area contributed by atoms with Crippen molar-refractivity contribution in [3.05, 3.63) is 82.8 Å². The molecule has 0 aliphatic rings. The van der Waals surface area contributed by atoms with E-state index in [1.54, 1.807) is 48.5 Å². The summed E-state index contributed by atoms with van der Waals surface area (Å²) in [6, 6.07) is 17.8. The number of anilines is 2. The summed E-state index contributed by atoms with van der Waals surface area (Å²) in [6.45, 7) is 0. The van der Waals surface area contributed by atoms with Crippen molar-refractivity contribution in [3.63, 3.8) is 0 Å². The number of amides is 3. The van der Waals surface area contributed by atoms with Crippen molar-refractivity contribution in [2.45, 2.75) is 0 Å². The van der Waals surface area contributed by atoms with Gasteiger partial charge in [-0.2, -0.15) is 9.78 Å². The highest BCUT2D eigenvalue weighted by atomic mass is 16.2. The van der Waals surface area contributed by atoms with Gasteiger partial charge in [0.2, 0.25) is 0 Å². The average Bonchev–Trinajstić information content (AvgIpc) is 2.70. The Labute approximate surface area is 154 Å². The number of nitrogens with zero attached hydrogens (tertiary/aromatic N) is 2. The largest absolute Gasteiger partial charge is 0.341 e. The Balaban J connectivity index is 1.77. The highest BCUT2D eigenvalue weighted by Gasteiger charge is 2.11. The summed E-state index contributed by atoms with van der Waals surface area (Å²) in [6.07, 6.45) is 0. The van der Waals surface area contributed by atoms with Gasteiger partial charge in [-0.05, 0) is 42.5 Å². The van der Waals surface area contributed by atoms with E-state index in [1.165, 1.54) is 23.9 Å². The SMILES string of the molecule is CNC(=O)Nc1ccc(NC(=O)c2ccc(=O)n(-c3ccccc3)n2)cc1. The summed E-state index contributed by atoms with van der Waals surface area (Å²) in [5.41, 5.74) is 1.46. The van der Waals surface area contributed by atoms with E-state index in [-0.39, 0.29) is 17.3 Å². The molecule has 0 aliphatic heterocycles. The molecule has 3 amide bonds. The molecule has 2 aromatic carbocycles. The molecule has 1 aromatic heterocycles. The van der Waals surface area contributed by atoms with Gasteiger partial charge in [0.15, 0.2) is 0 Å². The molecule has 27 heavy (non-hydrogen) atoms.